The van der Waals surface area contributed by atoms with Crippen molar-refractivity contribution in [1.82, 2.24) is 0 Å². The minimum Gasteiger partial charge on any atom is -0.461 e. The molecule has 74 heavy (non-hydrogen) atoms. The van der Waals surface area contributed by atoms with Crippen LogP contribution in [0, 0.1) is 0 Å². The number of hydrogen-bond acceptors (Lipinski definition) is 10. The summed E-state index contributed by atoms with van der Waals surface area (Å²) in [5.41, 5.74) is 0. The van der Waals surface area contributed by atoms with Crippen LogP contribution in [0.3, 0.4) is 0 Å². The number of rotatable bonds is 55. The highest BCUT2D eigenvalue weighted by molar-refractivity contribution is 7.47. The molecule has 0 radical (unpaired) electrons. The summed E-state index contributed by atoms with van der Waals surface area (Å²) in [5, 5.41) is 9.81. The van der Waals surface area contributed by atoms with Crippen LogP contribution in [-0.2, 0) is 42.2 Å². The molecule has 0 aromatic rings. The largest absolute Gasteiger partial charge is 0.472 e. The van der Waals surface area contributed by atoms with E-state index in [0.29, 0.717) is 19.3 Å². The summed E-state index contributed by atoms with van der Waals surface area (Å²) >= 11 is 0. The molecule has 0 saturated heterocycles. The highest BCUT2D eigenvalue weighted by atomic mass is 31.2. The topological polar surface area (TPSA) is 155 Å². The van der Waals surface area contributed by atoms with E-state index in [1.165, 1.54) is 122 Å². The molecule has 0 saturated carbocycles. The number of phosphoric acid groups is 1. The normalized spacial score (nSPS) is 13.9. The van der Waals surface area contributed by atoms with Gasteiger partial charge in [-0.15, -0.1) is 0 Å². The lowest BCUT2D eigenvalue weighted by atomic mass is 10.0. The number of esters is 3. The molecule has 0 aliphatic rings. The second-order valence-corrected chi connectivity index (χ2v) is 21.3. The summed E-state index contributed by atoms with van der Waals surface area (Å²) in [7, 11) is -4.77. The Bertz CT molecular complexity index is 1520. The molecule has 0 aromatic carbocycles. The summed E-state index contributed by atoms with van der Waals surface area (Å²) in [6, 6.07) is 0. The van der Waals surface area contributed by atoms with E-state index in [9.17, 15) is 28.9 Å². The first-order valence-corrected chi connectivity index (χ1v) is 31.3. The van der Waals surface area contributed by atoms with Crippen molar-refractivity contribution < 1.29 is 52.2 Å². The molecule has 0 amide bonds. The summed E-state index contributed by atoms with van der Waals surface area (Å²) in [6.45, 7) is 4.42. The third-order valence-electron chi connectivity index (χ3n) is 12.6. The Labute approximate surface area is 452 Å². The van der Waals surface area contributed by atoms with Crippen molar-refractivity contribution in [3.8, 4) is 0 Å². The van der Waals surface area contributed by atoms with E-state index in [1.54, 1.807) is 6.08 Å². The first-order chi connectivity index (χ1) is 36.2. The van der Waals surface area contributed by atoms with Crippen LogP contribution in [0.4, 0.5) is 0 Å². The van der Waals surface area contributed by atoms with Gasteiger partial charge in [0.15, 0.2) is 6.10 Å². The maximum Gasteiger partial charge on any atom is 0.472 e. The number of aliphatic hydroxyl groups excluding tert-OH is 1. The molecule has 428 valence electrons. The number of hydrogen-bond donors (Lipinski definition) is 2. The zero-order chi connectivity index (χ0) is 54.1. The second kappa shape index (κ2) is 56.1. The number of unbranched alkanes of at least 4 members (excludes halogenated alkanes) is 27. The van der Waals surface area contributed by atoms with Gasteiger partial charge in [0.05, 0.1) is 26.2 Å². The molecule has 0 rings (SSSR count). The van der Waals surface area contributed by atoms with Crippen LogP contribution < -0.4 is 0 Å². The number of carbonyl (C=O) groups excluding carboxylic acids is 3. The number of carbonyl (C=O) groups is 3. The number of ether oxygens (including phenoxy) is 3. The molecule has 0 aliphatic carbocycles. The van der Waals surface area contributed by atoms with Crippen molar-refractivity contribution in [1.29, 1.82) is 0 Å². The predicted octanol–water partition coefficient (Wildman–Crippen LogP) is 17.7. The highest BCUT2D eigenvalue weighted by Gasteiger charge is 2.28. The van der Waals surface area contributed by atoms with Crippen molar-refractivity contribution in [2.75, 3.05) is 26.4 Å². The fraction of sp³-hybridized carbons (Fsp3) is 0.758. The summed E-state index contributed by atoms with van der Waals surface area (Å²) in [4.78, 5) is 48.5. The van der Waals surface area contributed by atoms with E-state index >= 15 is 0 Å². The third-order valence-corrected chi connectivity index (χ3v) is 13.6. The Morgan fingerprint density at radius 1 is 0.405 bits per heavy atom. The lowest BCUT2D eigenvalue weighted by Crippen LogP contribution is -2.30. The van der Waals surface area contributed by atoms with E-state index in [0.717, 1.165) is 83.5 Å². The van der Waals surface area contributed by atoms with Gasteiger partial charge in [-0.1, -0.05) is 248 Å². The van der Waals surface area contributed by atoms with Gasteiger partial charge >= 0.3 is 25.7 Å². The monoisotopic (exact) mass is 1060 g/mol. The second-order valence-electron chi connectivity index (χ2n) is 19.8. The average molecular weight is 1060 g/mol. The zero-order valence-corrected chi connectivity index (χ0v) is 48.2. The molecule has 2 N–H and O–H groups in total. The summed E-state index contributed by atoms with van der Waals surface area (Å²) in [6.07, 6.45) is 63.2. The molecule has 0 fully saturated rings. The molecule has 3 atom stereocenters. The number of phosphoric ester groups is 1. The van der Waals surface area contributed by atoms with Crippen LogP contribution in [0.25, 0.3) is 0 Å². The van der Waals surface area contributed by atoms with Gasteiger partial charge in [-0.25, -0.2) is 4.57 Å². The summed E-state index contributed by atoms with van der Waals surface area (Å²) in [5.74, 6) is -1.62. The van der Waals surface area contributed by atoms with E-state index in [1.807, 2.05) is 12.2 Å². The van der Waals surface area contributed by atoms with E-state index in [-0.39, 0.29) is 25.9 Å². The third kappa shape index (κ3) is 53.7. The molecule has 3 unspecified atom stereocenters. The Kier molecular flexibility index (Phi) is 53.8. The van der Waals surface area contributed by atoms with Crippen molar-refractivity contribution in [3.63, 3.8) is 0 Å². The van der Waals surface area contributed by atoms with Crippen LogP contribution in [0.1, 0.15) is 265 Å². The number of aliphatic hydroxyl groups is 1. The van der Waals surface area contributed by atoms with Gasteiger partial charge in [0.25, 0.3) is 0 Å². The van der Waals surface area contributed by atoms with E-state index < -0.39 is 57.8 Å². The minimum absolute atomic E-state index is 0.00551. The Hall–Kier alpha value is -3.08. The van der Waals surface area contributed by atoms with Gasteiger partial charge in [0, 0.05) is 12.8 Å². The molecule has 0 aliphatic heterocycles. The van der Waals surface area contributed by atoms with E-state index in [4.69, 9.17) is 23.3 Å². The fourth-order valence-corrected chi connectivity index (χ4v) is 8.91. The van der Waals surface area contributed by atoms with Crippen LogP contribution in [-0.4, -0.2) is 66.5 Å². The minimum atomic E-state index is -4.77. The summed E-state index contributed by atoms with van der Waals surface area (Å²) < 4.78 is 39.4. The molecule has 12 heteroatoms. The molecule has 0 bridgehead atoms. The molecule has 0 spiro atoms. The van der Waals surface area contributed by atoms with Crippen molar-refractivity contribution >= 4 is 25.7 Å². The quantitative estimate of drug-likeness (QED) is 0.0197. The van der Waals surface area contributed by atoms with Crippen molar-refractivity contribution in [2.24, 2.45) is 0 Å². The Morgan fingerprint density at radius 3 is 1.15 bits per heavy atom. The smallest absolute Gasteiger partial charge is 0.461 e. The van der Waals surface area contributed by atoms with Gasteiger partial charge in [-0.05, 0) is 70.6 Å². The predicted molar refractivity (Wildman–Crippen MR) is 307 cm³/mol. The highest BCUT2D eigenvalue weighted by Crippen LogP contribution is 2.43. The van der Waals surface area contributed by atoms with Crippen LogP contribution in [0.5, 0.6) is 0 Å². The maximum atomic E-state index is 12.9. The first kappa shape index (κ1) is 70.9. The van der Waals surface area contributed by atoms with Crippen LogP contribution >= 0.6 is 7.82 Å². The molecular weight excluding hydrogens is 952 g/mol. The van der Waals surface area contributed by atoms with Crippen LogP contribution in [0.2, 0.25) is 0 Å². The van der Waals surface area contributed by atoms with Gasteiger partial charge < -0.3 is 24.2 Å². The Morgan fingerprint density at radius 2 is 0.743 bits per heavy atom. The van der Waals surface area contributed by atoms with Crippen molar-refractivity contribution in [3.05, 3.63) is 72.9 Å². The zero-order valence-electron chi connectivity index (χ0n) is 47.3. The van der Waals surface area contributed by atoms with Gasteiger partial charge in [0.2, 0.25) is 0 Å². The van der Waals surface area contributed by atoms with Gasteiger partial charge in [-0.2, -0.15) is 0 Å². The lowest BCUT2D eigenvalue weighted by Gasteiger charge is -2.21. The molecule has 0 heterocycles. The average Bonchev–Trinajstić information content (AvgIpc) is 3.39. The molecule has 11 nitrogen and oxygen atoms in total. The fourth-order valence-electron chi connectivity index (χ4n) is 8.13. The van der Waals surface area contributed by atoms with Crippen molar-refractivity contribution in [2.45, 2.75) is 277 Å². The van der Waals surface area contributed by atoms with Gasteiger partial charge in [-0.3, -0.25) is 23.4 Å². The standard InChI is InChI=1S/C62H109O11P/c1-4-7-10-13-16-19-22-25-27-28-29-30-32-35-38-41-44-47-50-53-62(66)73-59(55-69-60(64)51-48-45-42-39-36-34-31-26-23-20-17-14-11-8-5-2)57-71-74(67,68)70-56-58(54-63)72-61(65)52-49-46-43-40-37-33-24-21-18-15-12-9-6-3/h8,11,17,20-21,24,26,31,36,39,45,48,58-59,63H,4-7,9-10,12-16,18-19,22-23,25,27-30,32-35,37-38,40-44,46-47,49-57H2,1-3H3,(H,67,68)/b11-8-,20-17-,24-21-,31-26-,39-36-,48-45-. The number of allylic oxidation sites excluding steroid dienone is 11. The molecular formula is C62H109O11P. The van der Waals surface area contributed by atoms with Gasteiger partial charge in [0.1, 0.15) is 12.7 Å². The SMILES string of the molecule is CC/C=C\C/C=C\C/C=C\C/C=C\C/C=C\CC(=O)OCC(COP(=O)(O)OCC(CO)OC(=O)CCCCCCC/C=C\CCCCCC)OC(=O)CCCCCCCCCCCCCCCCCCCCC. The Balaban J connectivity index is 4.79. The molecule has 0 aromatic heterocycles. The van der Waals surface area contributed by atoms with E-state index in [2.05, 4.69) is 75.5 Å². The first-order valence-electron chi connectivity index (χ1n) is 29.8. The maximum absolute atomic E-state index is 12.9. The van der Waals surface area contributed by atoms with Crippen LogP contribution in [0.15, 0.2) is 72.9 Å². The lowest BCUT2D eigenvalue weighted by molar-refractivity contribution is -0.161.